The van der Waals surface area contributed by atoms with Gasteiger partial charge in [0, 0.05) is 6.07 Å². The van der Waals surface area contributed by atoms with Gasteiger partial charge in [-0.15, -0.1) is 0 Å². The Morgan fingerprint density at radius 2 is 1.73 bits per heavy atom. The lowest BCUT2D eigenvalue weighted by Gasteiger charge is -2.11. The van der Waals surface area contributed by atoms with E-state index < -0.39 is 50.7 Å². The number of rotatable bonds is 5. The zero-order valence-corrected chi connectivity index (χ0v) is 13.6. The molecule has 0 atom stereocenters. The number of anilines is 1. The monoisotopic (exact) mass is 394 g/mol. The van der Waals surface area contributed by atoms with Crippen molar-refractivity contribution < 1.29 is 35.2 Å². The SMILES string of the molecule is O=C(CNS(=O)(=O)c1cccc(C(F)(F)F)c1)Nc1ccc(F)cc1F. The summed E-state index contributed by atoms with van der Waals surface area (Å²) in [7, 11) is -4.41. The fraction of sp³-hybridized carbons (Fsp3) is 0.133. The fourth-order valence-corrected chi connectivity index (χ4v) is 2.90. The number of sulfonamides is 1. The molecule has 0 aliphatic carbocycles. The summed E-state index contributed by atoms with van der Waals surface area (Å²) in [5.74, 6) is -2.93. The summed E-state index contributed by atoms with van der Waals surface area (Å²) in [6.45, 7) is -0.866. The van der Waals surface area contributed by atoms with E-state index in [1.807, 2.05) is 5.32 Å². The van der Waals surface area contributed by atoms with Crippen LogP contribution in [0.1, 0.15) is 5.56 Å². The molecule has 0 radical (unpaired) electrons. The van der Waals surface area contributed by atoms with Crippen LogP contribution in [0.25, 0.3) is 0 Å². The number of hydrogen-bond donors (Lipinski definition) is 2. The van der Waals surface area contributed by atoms with E-state index in [0.29, 0.717) is 18.2 Å². The van der Waals surface area contributed by atoms with E-state index in [0.717, 1.165) is 24.3 Å². The molecular formula is C15H11F5N2O3S. The second kappa shape index (κ2) is 7.38. The topological polar surface area (TPSA) is 75.3 Å². The second-order valence-corrected chi connectivity index (χ2v) is 6.79. The van der Waals surface area contributed by atoms with Gasteiger partial charge in [0.25, 0.3) is 0 Å². The van der Waals surface area contributed by atoms with Gasteiger partial charge in [0.05, 0.1) is 22.7 Å². The first-order valence-electron chi connectivity index (χ1n) is 6.91. The standard InChI is InChI=1S/C15H11F5N2O3S/c16-10-4-5-13(12(17)7-10)22-14(23)8-21-26(24,25)11-3-1-2-9(6-11)15(18,19)20/h1-7,21H,8H2,(H,22,23). The van der Waals surface area contributed by atoms with Crippen molar-refractivity contribution in [1.29, 1.82) is 0 Å². The molecule has 1 amide bonds. The van der Waals surface area contributed by atoms with Crippen molar-refractivity contribution in [2.45, 2.75) is 11.1 Å². The van der Waals surface area contributed by atoms with E-state index in [4.69, 9.17) is 0 Å². The minimum Gasteiger partial charge on any atom is -0.322 e. The highest BCUT2D eigenvalue weighted by Gasteiger charge is 2.31. The average Bonchev–Trinajstić information content (AvgIpc) is 2.55. The third-order valence-electron chi connectivity index (χ3n) is 3.10. The fourth-order valence-electron chi connectivity index (χ4n) is 1.87. The minimum absolute atomic E-state index is 0.380. The van der Waals surface area contributed by atoms with E-state index in [9.17, 15) is 35.2 Å². The third kappa shape index (κ3) is 4.99. The molecule has 0 heterocycles. The van der Waals surface area contributed by atoms with Gasteiger partial charge in [-0.05, 0) is 30.3 Å². The van der Waals surface area contributed by atoms with Crippen molar-refractivity contribution in [2.75, 3.05) is 11.9 Å². The van der Waals surface area contributed by atoms with Crippen molar-refractivity contribution in [3.8, 4) is 0 Å². The molecule has 11 heteroatoms. The molecule has 2 rings (SSSR count). The number of hydrogen-bond acceptors (Lipinski definition) is 3. The molecule has 0 aromatic heterocycles. The van der Waals surface area contributed by atoms with Gasteiger partial charge in [0.2, 0.25) is 15.9 Å². The lowest BCUT2D eigenvalue weighted by atomic mass is 10.2. The van der Waals surface area contributed by atoms with Crippen molar-refractivity contribution in [1.82, 2.24) is 4.72 Å². The van der Waals surface area contributed by atoms with Crippen molar-refractivity contribution in [2.24, 2.45) is 0 Å². The van der Waals surface area contributed by atoms with Gasteiger partial charge in [-0.1, -0.05) is 6.07 Å². The summed E-state index contributed by atoms with van der Waals surface area (Å²) < 4.78 is 89.9. The van der Waals surface area contributed by atoms with Crippen molar-refractivity contribution in [3.63, 3.8) is 0 Å². The Morgan fingerprint density at radius 3 is 2.35 bits per heavy atom. The number of alkyl halides is 3. The maximum Gasteiger partial charge on any atom is 0.416 e. The van der Waals surface area contributed by atoms with Gasteiger partial charge in [0.1, 0.15) is 11.6 Å². The normalized spacial score (nSPS) is 12.0. The van der Waals surface area contributed by atoms with Gasteiger partial charge in [0.15, 0.2) is 0 Å². The highest BCUT2D eigenvalue weighted by atomic mass is 32.2. The molecule has 140 valence electrons. The van der Waals surface area contributed by atoms with E-state index in [-0.39, 0.29) is 5.69 Å². The lowest BCUT2D eigenvalue weighted by Crippen LogP contribution is -2.33. The molecule has 0 saturated heterocycles. The molecule has 2 aromatic rings. The Hall–Kier alpha value is -2.53. The third-order valence-corrected chi connectivity index (χ3v) is 4.50. The lowest BCUT2D eigenvalue weighted by molar-refractivity contribution is -0.137. The first kappa shape index (κ1) is 19.8. The van der Waals surface area contributed by atoms with Gasteiger partial charge in [-0.3, -0.25) is 4.79 Å². The molecule has 0 bridgehead atoms. The molecule has 0 unspecified atom stereocenters. The van der Waals surface area contributed by atoms with Gasteiger partial charge in [-0.2, -0.15) is 13.2 Å². The number of halogens is 5. The highest BCUT2D eigenvalue weighted by Crippen LogP contribution is 2.30. The minimum atomic E-state index is -4.73. The summed E-state index contributed by atoms with van der Waals surface area (Å²) >= 11 is 0. The Balaban J connectivity index is 2.07. The van der Waals surface area contributed by atoms with Crippen LogP contribution >= 0.6 is 0 Å². The molecule has 0 aliphatic heterocycles. The maximum absolute atomic E-state index is 13.4. The second-order valence-electron chi connectivity index (χ2n) is 5.02. The van der Waals surface area contributed by atoms with Crippen LogP contribution in [-0.2, 0) is 21.0 Å². The van der Waals surface area contributed by atoms with E-state index in [1.54, 1.807) is 4.72 Å². The smallest absolute Gasteiger partial charge is 0.322 e. The van der Waals surface area contributed by atoms with E-state index in [2.05, 4.69) is 0 Å². The molecular weight excluding hydrogens is 383 g/mol. The number of carbonyl (C=O) groups is 1. The number of benzene rings is 2. The van der Waals surface area contributed by atoms with Crippen LogP contribution in [-0.4, -0.2) is 20.9 Å². The van der Waals surface area contributed by atoms with Crippen LogP contribution < -0.4 is 10.0 Å². The molecule has 2 N–H and O–H groups in total. The number of carbonyl (C=O) groups excluding carboxylic acids is 1. The summed E-state index contributed by atoms with van der Waals surface area (Å²) in [6, 6.07) is 5.28. The first-order valence-corrected chi connectivity index (χ1v) is 8.39. The van der Waals surface area contributed by atoms with Crippen LogP contribution in [0.4, 0.5) is 27.6 Å². The average molecular weight is 394 g/mol. The summed E-state index contributed by atoms with van der Waals surface area (Å²) in [6.07, 6.45) is -4.73. The number of nitrogens with one attached hydrogen (secondary N) is 2. The zero-order valence-electron chi connectivity index (χ0n) is 12.8. The Kier molecular flexibility index (Phi) is 5.62. The van der Waals surface area contributed by atoms with Gasteiger partial charge >= 0.3 is 6.18 Å². The van der Waals surface area contributed by atoms with E-state index >= 15 is 0 Å². The molecule has 0 fully saturated rings. The molecule has 26 heavy (non-hydrogen) atoms. The zero-order chi connectivity index (χ0) is 19.5. The van der Waals surface area contributed by atoms with Crippen LogP contribution in [0.15, 0.2) is 47.4 Å². The Bertz CT molecular complexity index is 929. The molecule has 0 saturated carbocycles. The largest absolute Gasteiger partial charge is 0.416 e. The van der Waals surface area contributed by atoms with Gasteiger partial charge in [-0.25, -0.2) is 21.9 Å². The molecule has 2 aromatic carbocycles. The van der Waals surface area contributed by atoms with Crippen LogP contribution in [0.3, 0.4) is 0 Å². The predicted octanol–water partition coefficient (Wildman–Crippen LogP) is 2.90. The van der Waals surface area contributed by atoms with E-state index in [1.165, 1.54) is 0 Å². The van der Waals surface area contributed by atoms with Crippen LogP contribution in [0.5, 0.6) is 0 Å². The van der Waals surface area contributed by atoms with Gasteiger partial charge < -0.3 is 5.32 Å². The first-order chi connectivity index (χ1) is 12.0. The summed E-state index contributed by atoms with van der Waals surface area (Å²) in [4.78, 5) is 11.0. The molecule has 0 aliphatic rings. The van der Waals surface area contributed by atoms with Crippen molar-refractivity contribution in [3.05, 3.63) is 59.7 Å². The van der Waals surface area contributed by atoms with Crippen LogP contribution in [0.2, 0.25) is 0 Å². The molecule has 0 spiro atoms. The maximum atomic E-state index is 13.4. The quantitative estimate of drug-likeness (QED) is 0.766. The summed E-state index contributed by atoms with van der Waals surface area (Å²) in [5, 5.41) is 2.01. The Labute approximate surface area is 144 Å². The van der Waals surface area contributed by atoms with Crippen molar-refractivity contribution >= 4 is 21.6 Å². The predicted molar refractivity (Wildman–Crippen MR) is 81.6 cm³/mol. The Morgan fingerprint density at radius 1 is 1.04 bits per heavy atom. The number of amides is 1. The summed E-state index contributed by atoms with van der Waals surface area (Å²) in [5.41, 5.74) is -1.55. The highest BCUT2D eigenvalue weighted by molar-refractivity contribution is 7.89. The van der Waals surface area contributed by atoms with Crippen LogP contribution in [0, 0.1) is 11.6 Å². The molecule has 5 nitrogen and oxygen atoms in total.